The molecule has 0 saturated heterocycles. The average molecular weight is 94.1 g/mol. The van der Waals surface area contributed by atoms with Crippen LogP contribution in [0, 0.1) is 6.42 Å². The molecule has 0 saturated carbocycles. The van der Waals surface area contributed by atoms with Crippen molar-refractivity contribution in [3.8, 4) is 0 Å². The summed E-state index contributed by atoms with van der Waals surface area (Å²) in [6, 6.07) is 0. The Bertz CT molecular complexity index is 80.4. The lowest BCUT2D eigenvalue weighted by atomic mass is 10.3. The fourth-order valence-corrected chi connectivity index (χ4v) is 0.506. The highest BCUT2D eigenvalue weighted by Crippen LogP contribution is 1.90. The van der Waals surface area contributed by atoms with Gasteiger partial charge in [-0.3, -0.25) is 4.99 Å². The van der Waals surface area contributed by atoms with Gasteiger partial charge in [-0.1, -0.05) is 12.2 Å². The SMILES string of the molecule is [CH]1C=CCN=CC1. The fourth-order valence-electron chi connectivity index (χ4n) is 0.506. The van der Waals surface area contributed by atoms with Gasteiger partial charge in [-0.05, 0) is 19.1 Å². The highest BCUT2D eigenvalue weighted by atomic mass is 14.7. The molecule has 1 aliphatic heterocycles. The van der Waals surface area contributed by atoms with Gasteiger partial charge in [0.1, 0.15) is 0 Å². The average Bonchev–Trinajstić information content (AvgIpc) is 1.90. The molecule has 1 nitrogen and oxygen atoms in total. The Morgan fingerprint density at radius 2 is 2.43 bits per heavy atom. The molecular weight excluding hydrogens is 86.1 g/mol. The second kappa shape index (κ2) is 2.56. The summed E-state index contributed by atoms with van der Waals surface area (Å²) in [5.74, 6) is 0. The molecule has 0 atom stereocenters. The van der Waals surface area contributed by atoms with E-state index in [9.17, 15) is 0 Å². The first-order valence-electron chi connectivity index (χ1n) is 2.47. The van der Waals surface area contributed by atoms with Gasteiger partial charge in [0, 0.05) is 0 Å². The third-order valence-corrected chi connectivity index (χ3v) is 0.854. The number of rotatable bonds is 0. The first kappa shape index (κ1) is 4.57. The van der Waals surface area contributed by atoms with E-state index < -0.39 is 0 Å². The molecule has 0 aromatic carbocycles. The zero-order chi connectivity index (χ0) is 4.95. The molecule has 7 heavy (non-hydrogen) atoms. The van der Waals surface area contributed by atoms with Crippen LogP contribution in [0.25, 0.3) is 0 Å². The summed E-state index contributed by atoms with van der Waals surface area (Å²) in [7, 11) is 0. The molecule has 1 heterocycles. The largest absolute Gasteiger partial charge is 0.293 e. The Kier molecular flexibility index (Phi) is 1.67. The third kappa shape index (κ3) is 1.53. The van der Waals surface area contributed by atoms with Crippen LogP contribution in [0.5, 0.6) is 0 Å². The van der Waals surface area contributed by atoms with Crippen molar-refractivity contribution in [2.45, 2.75) is 6.42 Å². The number of hydrogen-bond acceptors (Lipinski definition) is 1. The van der Waals surface area contributed by atoms with Crippen molar-refractivity contribution in [2.24, 2.45) is 4.99 Å². The summed E-state index contributed by atoms with van der Waals surface area (Å²) in [6.07, 6.45) is 9.11. The van der Waals surface area contributed by atoms with Crippen LogP contribution in [0.2, 0.25) is 0 Å². The van der Waals surface area contributed by atoms with Gasteiger partial charge < -0.3 is 0 Å². The molecule has 0 aromatic heterocycles. The van der Waals surface area contributed by atoms with Crippen LogP contribution in [-0.2, 0) is 0 Å². The molecule has 0 spiro atoms. The van der Waals surface area contributed by atoms with Gasteiger partial charge in [0.05, 0.1) is 6.54 Å². The van der Waals surface area contributed by atoms with Crippen LogP contribution in [0.1, 0.15) is 6.42 Å². The highest BCUT2D eigenvalue weighted by molar-refractivity contribution is 5.60. The van der Waals surface area contributed by atoms with Crippen molar-refractivity contribution >= 4 is 6.21 Å². The van der Waals surface area contributed by atoms with E-state index in [0.717, 1.165) is 13.0 Å². The standard InChI is InChI=1S/C6H8N/c1-2-4-6-7-5-3-1/h1-3,6H,4-5H2. The third-order valence-electron chi connectivity index (χ3n) is 0.854. The predicted octanol–water partition coefficient (Wildman–Crippen LogP) is 1.22. The zero-order valence-electron chi connectivity index (χ0n) is 4.17. The van der Waals surface area contributed by atoms with Crippen molar-refractivity contribution < 1.29 is 0 Å². The molecule has 1 rings (SSSR count). The van der Waals surface area contributed by atoms with Gasteiger partial charge >= 0.3 is 0 Å². The van der Waals surface area contributed by atoms with E-state index in [2.05, 4.69) is 11.4 Å². The van der Waals surface area contributed by atoms with Gasteiger partial charge in [0.25, 0.3) is 0 Å². The summed E-state index contributed by atoms with van der Waals surface area (Å²) in [5, 5.41) is 0. The van der Waals surface area contributed by atoms with Crippen molar-refractivity contribution in [2.75, 3.05) is 6.54 Å². The normalized spacial score (nSPS) is 19.4. The van der Waals surface area contributed by atoms with Crippen molar-refractivity contribution in [1.29, 1.82) is 0 Å². The Morgan fingerprint density at radius 3 is 3.43 bits per heavy atom. The number of nitrogens with zero attached hydrogens (tertiary/aromatic N) is 1. The molecule has 0 amide bonds. The summed E-state index contributed by atoms with van der Waals surface area (Å²) in [6.45, 7) is 0.858. The van der Waals surface area contributed by atoms with Gasteiger partial charge in [0.15, 0.2) is 0 Å². The van der Waals surface area contributed by atoms with E-state index in [1.807, 2.05) is 18.4 Å². The van der Waals surface area contributed by atoms with Gasteiger partial charge in [-0.15, -0.1) is 0 Å². The quantitative estimate of drug-likeness (QED) is 0.428. The second-order valence-corrected chi connectivity index (χ2v) is 1.45. The van der Waals surface area contributed by atoms with Crippen LogP contribution in [0.4, 0.5) is 0 Å². The fraction of sp³-hybridized carbons (Fsp3) is 0.333. The minimum atomic E-state index is 0.858. The topological polar surface area (TPSA) is 12.4 Å². The maximum Gasteiger partial charge on any atom is 0.0566 e. The number of aliphatic imine (C=N–C) groups is 1. The smallest absolute Gasteiger partial charge is 0.0566 e. The summed E-state index contributed by atoms with van der Waals surface area (Å²) in [5.41, 5.74) is 0. The van der Waals surface area contributed by atoms with E-state index in [1.54, 1.807) is 0 Å². The summed E-state index contributed by atoms with van der Waals surface area (Å²) < 4.78 is 0. The lowest BCUT2D eigenvalue weighted by molar-refractivity contribution is 1.26. The highest BCUT2D eigenvalue weighted by Gasteiger charge is 1.80. The molecule has 0 bridgehead atoms. The molecule has 37 valence electrons. The molecule has 0 fully saturated rings. The van der Waals surface area contributed by atoms with Crippen LogP contribution in [-0.4, -0.2) is 12.8 Å². The van der Waals surface area contributed by atoms with E-state index >= 15 is 0 Å². The van der Waals surface area contributed by atoms with Crippen molar-refractivity contribution in [3.05, 3.63) is 18.6 Å². The van der Waals surface area contributed by atoms with Crippen molar-refractivity contribution in [1.82, 2.24) is 0 Å². The molecule has 0 aromatic rings. The van der Waals surface area contributed by atoms with Crippen LogP contribution in [0.3, 0.4) is 0 Å². The number of allylic oxidation sites excluding steroid dienone is 1. The molecular formula is C6H8N. The van der Waals surface area contributed by atoms with Crippen LogP contribution < -0.4 is 0 Å². The van der Waals surface area contributed by atoms with Gasteiger partial charge in [0.2, 0.25) is 0 Å². The minimum Gasteiger partial charge on any atom is -0.293 e. The molecule has 1 radical (unpaired) electrons. The van der Waals surface area contributed by atoms with E-state index in [-0.39, 0.29) is 0 Å². The first-order valence-corrected chi connectivity index (χ1v) is 2.47. The lowest BCUT2D eigenvalue weighted by Crippen LogP contribution is -1.69. The summed E-state index contributed by atoms with van der Waals surface area (Å²) >= 11 is 0. The Morgan fingerprint density at radius 1 is 1.43 bits per heavy atom. The number of hydrogen-bond donors (Lipinski definition) is 0. The van der Waals surface area contributed by atoms with Crippen molar-refractivity contribution in [3.63, 3.8) is 0 Å². The molecule has 0 N–H and O–H groups in total. The van der Waals surface area contributed by atoms with Crippen LogP contribution >= 0.6 is 0 Å². The summed E-state index contributed by atoms with van der Waals surface area (Å²) in [4.78, 5) is 4.03. The Balaban J connectivity index is 2.38. The maximum absolute atomic E-state index is 4.03. The Hall–Kier alpha value is -0.590. The Labute approximate surface area is 43.8 Å². The first-order chi connectivity index (χ1) is 3.50. The second-order valence-electron chi connectivity index (χ2n) is 1.45. The van der Waals surface area contributed by atoms with E-state index in [0.29, 0.717) is 0 Å². The minimum absolute atomic E-state index is 0.858. The predicted molar refractivity (Wildman–Crippen MR) is 31.4 cm³/mol. The molecule has 1 aliphatic rings. The monoisotopic (exact) mass is 94.1 g/mol. The van der Waals surface area contributed by atoms with Crippen LogP contribution in [0.15, 0.2) is 17.1 Å². The van der Waals surface area contributed by atoms with E-state index in [4.69, 9.17) is 0 Å². The van der Waals surface area contributed by atoms with Gasteiger partial charge in [-0.2, -0.15) is 0 Å². The van der Waals surface area contributed by atoms with Gasteiger partial charge in [-0.25, -0.2) is 0 Å². The molecule has 1 heteroatoms. The maximum atomic E-state index is 4.03. The zero-order valence-corrected chi connectivity index (χ0v) is 4.17. The molecule has 0 unspecified atom stereocenters. The molecule has 0 aliphatic carbocycles. The van der Waals surface area contributed by atoms with E-state index in [1.165, 1.54) is 0 Å². The lowest BCUT2D eigenvalue weighted by Gasteiger charge is -1.74.